The number of carbonyl (C=O) groups excluding carboxylic acids is 2. The molecule has 4 heterocycles. The molecule has 3 amide bonds. The first kappa shape index (κ1) is 24.3. The van der Waals surface area contributed by atoms with Crippen LogP contribution in [0.25, 0.3) is 20.8 Å². The predicted octanol–water partition coefficient (Wildman–Crippen LogP) is 4.67. The monoisotopic (exact) mass is 533 g/mol. The maximum absolute atomic E-state index is 14.8. The first-order valence-electron chi connectivity index (χ1n) is 12.3. The van der Waals surface area contributed by atoms with Crippen LogP contribution in [0.2, 0.25) is 0 Å². The number of aliphatic hydroxyl groups excluding tert-OH is 1. The molecular weight excluding hydrogens is 509 g/mol. The Morgan fingerprint density at radius 1 is 1.13 bits per heavy atom. The third kappa shape index (κ3) is 5.15. The van der Waals surface area contributed by atoms with Crippen LogP contribution in [-0.2, 0) is 11.3 Å². The van der Waals surface area contributed by atoms with Crippen LogP contribution in [0.4, 0.5) is 14.9 Å². The molecule has 0 spiro atoms. The number of amides is 3. The molecule has 6 rings (SSSR count). The number of aliphatic hydroxyl groups is 1. The van der Waals surface area contributed by atoms with Gasteiger partial charge in [-0.25, -0.2) is 9.18 Å². The number of urea groups is 1. The van der Waals surface area contributed by atoms with Crippen molar-refractivity contribution in [2.45, 2.75) is 38.0 Å². The molecule has 4 aromatic rings. The maximum Gasteiger partial charge on any atom is 0.319 e. The summed E-state index contributed by atoms with van der Waals surface area (Å²) >= 11 is 1.43. The fourth-order valence-electron chi connectivity index (χ4n) is 4.25. The summed E-state index contributed by atoms with van der Waals surface area (Å²) in [6, 6.07) is 11.5. The van der Waals surface area contributed by atoms with E-state index in [4.69, 9.17) is 4.74 Å². The number of pyridine rings is 2. The van der Waals surface area contributed by atoms with Gasteiger partial charge in [0.2, 0.25) is 0 Å². The third-order valence-electron chi connectivity index (χ3n) is 6.42. The zero-order valence-electron chi connectivity index (χ0n) is 20.2. The van der Waals surface area contributed by atoms with Crippen molar-refractivity contribution in [1.29, 1.82) is 0 Å². The van der Waals surface area contributed by atoms with E-state index in [0.717, 1.165) is 33.7 Å². The van der Waals surface area contributed by atoms with Crippen LogP contribution >= 0.6 is 11.3 Å². The first-order valence-corrected chi connectivity index (χ1v) is 13.1. The number of fused-ring (bicyclic) bond motifs is 1. The van der Waals surface area contributed by atoms with E-state index in [2.05, 4.69) is 20.6 Å². The number of hydrogen-bond donors (Lipinski definition) is 3. The fourth-order valence-corrected chi connectivity index (χ4v) is 5.29. The average molecular weight is 534 g/mol. The number of carbonyl (C=O) groups is 2. The van der Waals surface area contributed by atoms with Gasteiger partial charge in [0.15, 0.2) is 11.6 Å². The lowest BCUT2D eigenvalue weighted by atomic mass is 10.2. The van der Waals surface area contributed by atoms with Gasteiger partial charge in [0.05, 0.1) is 20.8 Å². The summed E-state index contributed by atoms with van der Waals surface area (Å²) in [5.41, 5.74) is 2.64. The summed E-state index contributed by atoms with van der Waals surface area (Å²) in [6.45, 7) is 0.933. The van der Waals surface area contributed by atoms with Crippen LogP contribution < -0.4 is 15.4 Å². The van der Waals surface area contributed by atoms with E-state index in [1.54, 1.807) is 29.4 Å². The topological polar surface area (TPSA) is 117 Å². The number of thiophene rings is 1. The molecule has 1 aliphatic heterocycles. The fraction of sp³-hybridized carbons (Fsp3) is 0.259. The number of likely N-dealkylation sites (tertiary alicyclic amines) is 1. The van der Waals surface area contributed by atoms with Gasteiger partial charge in [-0.1, -0.05) is 6.07 Å². The second-order valence-corrected chi connectivity index (χ2v) is 10.4. The molecule has 3 aromatic heterocycles. The van der Waals surface area contributed by atoms with Crippen molar-refractivity contribution in [1.82, 2.24) is 20.2 Å². The molecule has 11 heteroatoms. The van der Waals surface area contributed by atoms with E-state index in [1.165, 1.54) is 23.5 Å². The van der Waals surface area contributed by atoms with E-state index in [9.17, 15) is 19.1 Å². The third-order valence-corrected chi connectivity index (χ3v) is 7.58. The average Bonchev–Trinajstić information content (AvgIpc) is 3.51. The number of nitrogens with zero attached hydrogens (tertiary/aromatic N) is 3. The minimum absolute atomic E-state index is 0.0321. The predicted molar refractivity (Wildman–Crippen MR) is 141 cm³/mol. The summed E-state index contributed by atoms with van der Waals surface area (Å²) in [6.07, 6.45) is 4.79. The Kier molecular flexibility index (Phi) is 6.38. The smallest absolute Gasteiger partial charge is 0.319 e. The van der Waals surface area contributed by atoms with Crippen molar-refractivity contribution >= 4 is 39.2 Å². The van der Waals surface area contributed by atoms with Gasteiger partial charge in [0, 0.05) is 49.3 Å². The van der Waals surface area contributed by atoms with Crippen molar-refractivity contribution in [3.8, 4) is 22.1 Å². The number of anilines is 1. The van der Waals surface area contributed by atoms with E-state index in [1.807, 2.05) is 18.2 Å². The van der Waals surface area contributed by atoms with Crippen molar-refractivity contribution in [3.63, 3.8) is 0 Å². The number of benzene rings is 1. The maximum atomic E-state index is 14.8. The molecular formula is C27H24FN5O4S. The normalized spacial score (nSPS) is 17.2. The molecule has 2 aliphatic rings. The van der Waals surface area contributed by atoms with E-state index in [-0.39, 0.29) is 23.7 Å². The Labute approximate surface area is 221 Å². The van der Waals surface area contributed by atoms with Gasteiger partial charge in [0.25, 0.3) is 5.91 Å². The molecule has 194 valence electrons. The molecule has 9 nitrogen and oxygen atoms in total. The number of rotatable bonds is 7. The highest BCUT2D eigenvalue weighted by molar-refractivity contribution is 7.22. The van der Waals surface area contributed by atoms with Crippen LogP contribution in [0, 0.1) is 5.82 Å². The van der Waals surface area contributed by atoms with Crippen molar-refractivity contribution in [2.24, 2.45) is 0 Å². The highest BCUT2D eigenvalue weighted by atomic mass is 32.1. The Morgan fingerprint density at radius 3 is 2.71 bits per heavy atom. The Morgan fingerprint density at radius 2 is 2.00 bits per heavy atom. The molecule has 2 fully saturated rings. The lowest BCUT2D eigenvalue weighted by Gasteiger charge is -2.15. The van der Waals surface area contributed by atoms with Gasteiger partial charge in [-0.15, -0.1) is 11.3 Å². The number of nitrogens with one attached hydrogen (secondary N) is 2. The van der Waals surface area contributed by atoms with Gasteiger partial charge in [-0.3, -0.25) is 14.8 Å². The summed E-state index contributed by atoms with van der Waals surface area (Å²) in [5, 5.41) is 15.1. The van der Waals surface area contributed by atoms with Gasteiger partial charge < -0.3 is 25.4 Å². The highest BCUT2D eigenvalue weighted by Crippen LogP contribution is 2.39. The molecule has 3 N–H and O–H groups in total. The van der Waals surface area contributed by atoms with Crippen LogP contribution in [0.5, 0.6) is 11.5 Å². The zero-order valence-corrected chi connectivity index (χ0v) is 21.0. The van der Waals surface area contributed by atoms with E-state index < -0.39 is 11.9 Å². The van der Waals surface area contributed by atoms with Crippen LogP contribution in [-0.4, -0.2) is 50.6 Å². The summed E-state index contributed by atoms with van der Waals surface area (Å²) in [7, 11) is 0. The summed E-state index contributed by atoms with van der Waals surface area (Å²) in [5.74, 6) is -0.361. The van der Waals surface area contributed by atoms with Gasteiger partial charge >= 0.3 is 6.03 Å². The Balaban J connectivity index is 1.17. The number of aromatic nitrogens is 2. The quantitative estimate of drug-likeness (QED) is 0.318. The van der Waals surface area contributed by atoms with Gasteiger partial charge in [-0.05, 0) is 49.1 Å². The SMILES string of the molecule is O=C(Nc1ccc(Oc2ccnc3cc(-c4ccc(CN5CCC(O)C5=O)cn4)sc23)c(F)c1)NC1CC1. The van der Waals surface area contributed by atoms with Crippen LogP contribution in [0.3, 0.4) is 0 Å². The Bertz CT molecular complexity index is 1520. The van der Waals surface area contributed by atoms with Crippen LogP contribution in [0.15, 0.2) is 54.9 Å². The largest absolute Gasteiger partial charge is 0.453 e. The molecule has 1 saturated carbocycles. The lowest BCUT2D eigenvalue weighted by molar-refractivity contribution is -0.134. The van der Waals surface area contributed by atoms with E-state index >= 15 is 0 Å². The van der Waals surface area contributed by atoms with Crippen LogP contribution in [0.1, 0.15) is 24.8 Å². The second-order valence-electron chi connectivity index (χ2n) is 9.37. The summed E-state index contributed by atoms with van der Waals surface area (Å²) < 4.78 is 21.5. The minimum Gasteiger partial charge on any atom is -0.453 e. The summed E-state index contributed by atoms with van der Waals surface area (Å²) in [4.78, 5) is 35.4. The number of ether oxygens (including phenoxy) is 1. The molecule has 0 bridgehead atoms. The molecule has 1 atom stereocenters. The van der Waals surface area contributed by atoms with Crippen molar-refractivity contribution in [3.05, 3.63) is 66.2 Å². The lowest BCUT2D eigenvalue weighted by Crippen LogP contribution is -2.30. The number of hydrogen-bond acceptors (Lipinski definition) is 7. The van der Waals surface area contributed by atoms with E-state index in [0.29, 0.717) is 36.5 Å². The molecule has 1 aliphatic carbocycles. The molecule has 1 saturated heterocycles. The Hall–Kier alpha value is -4.09. The molecule has 1 unspecified atom stereocenters. The van der Waals surface area contributed by atoms with Gasteiger partial charge in [-0.2, -0.15) is 0 Å². The van der Waals surface area contributed by atoms with Gasteiger partial charge in [0.1, 0.15) is 11.9 Å². The zero-order chi connectivity index (χ0) is 26.2. The standard InChI is InChI=1S/C27H24FN5O4S/c28-18-11-17(32-27(36)31-16-2-3-16)4-6-22(18)37-23-7-9-29-20-12-24(38-25(20)23)19-5-1-15(13-30-19)14-33-10-8-21(34)26(33)35/h1,4-7,9,11-13,16,21,34H,2-3,8,10,14H2,(H2,31,32,36). The molecule has 38 heavy (non-hydrogen) atoms. The molecule has 0 radical (unpaired) electrons. The first-order chi connectivity index (χ1) is 18.4. The second kappa shape index (κ2) is 9.99. The molecule has 1 aromatic carbocycles. The van der Waals surface area contributed by atoms with Crippen molar-refractivity contribution in [2.75, 3.05) is 11.9 Å². The van der Waals surface area contributed by atoms with Crippen molar-refractivity contribution < 1.29 is 23.8 Å². The minimum atomic E-state index is -0.911. The number of halogens is 1. The highest BCUT2D eigenvalue weighted by Gasteiger charge is 2.29.